The maximum absolute atomic E-state index is 11.5. The number of nitro groups is 1. The molecule has 4 aromatic carbocycles. The molecular formula is C24H14BrNO2S. The topological polar surface area (TPSA) is 43.1 Å². The number of benzene rings is 4. The average molecular weight is 460 g/mol. The zero-order valence-corrected chi connectivity index (χ0v) is 17.5. The lowest BCUT2D eigenvalue weighted by atomic mass is 9.97. The zero-order chi connectivity index (χ0) is 20.0. The predicted molar refractivity (Wildman–Crippen MR) is 125 cm³/mol. The van der Waals surface area contributed by atoms with Crippen LogP contribution in [0.3, 0.4) is 0 Å². The lowest BCUT2D eigenvalue weighted by Crippen LogP contribution is -1.91. The number of para-hydroxylation sites is 1. The minimum atomic E-state index is -0.322. The Balaban J connectivity index is 1.84. The second-order valence-electron chi connectivity index (χ2n) is 6.75. The van der Waals surface area contributed by atoms with E-state index in [2.05, 4.69) is 52.3 Å². The van der Waals surface area contributed by atoms with E-state index in [9.17, 15) is 10.1 Å². The second kappa shape index (κ2) is 7.10. The first-order chi connectivity index (χ1) is 14.1. The predicted octanol–water partition coefficient (Wildman–Crippen LogP) is 8.06. The van der Waals surface area contributed by atoms with Crippen LogP contribution in [-0.4, -0.2) is 4.92 Å². The maximum Gasteiger partial charge on any atom is 0.277 e. The van der Waals surface area contributed by atoms with Gasteiger partial charge in [0.05, 0.1) is 10.5 Å². The normalized spacial score (nSPS) is 11.2. The highest BCUT2D eigenvalue weighted by atomic mass is 79.9. The zero-order valence-electron chi connectivity index (χ0n) is 15.1. The smallest absolute Gasteiger partial charge is 0.258 e. The van der Waals surface area contributed by atoms with Crippen LogP contribution in [0.5, 0.6) is 0 Å². The van der Waals surface area contributed by atoms with Gasteiger partial charge in [0, 0.05) is 36.3 Å². The SMILES string of the molecule is O=[N+]([O-])c1ccccc1-c1ccc2sc3ccc(Br)c(-c4ccccc4)c3c2c1. The summed E-state index contributed by atoms with van der Waals surface area (Å²) >= 11 is 5.47. The first kappa shape index (κ1) is 18.0. The highest BCUT2D eigenvalue weighted by molar-refractivity contribution is 9.10. The lowest BCUT2D eigenvalue weighted by Gasteiger charge is -2.08. The molecule has 0 N–H and O–H groups in total. The molecule has 3 nitrogen and oxygen atoms in total. The van der Waals surface area contributed by atoms with E-state index in [1.54, 1.807) is 23.5 Å². The van der Waals surface area contributed by atoms with E-state index >= 15 is 0 Å². The van der Waals surface area contributed by atoms with Crippen molar-refractivity contribution < 1.29 is 4.92 Å². The van der Waals surface area contributed by atoms with Gasteiger partial charge in [0.1, 0.15) is 0 Å². The van der Waals surface area contributed by atoms with Crippen molar-refractivity contribution in [3.05, 3.63) is 99.5 Å². The molecule has 0 radical (unpaired) electrons. The Morgan fingerprint density at radius 3 is 2.31 bits per heavy atom. The number of nitro benzene ring substituents is 1. The van der Waals surface area contributed by atoms with Crippen molar-refractivity contribution in [1.29, 1.82) is 0 Å². The number of nitrogens with zero attached hydrogens (tertiary/aromatic N) is 1. The third-order valence-corrected chi connectivity index (χ3v) is 6.86. The van der Waals surface area contributed by atoms with Gasteiger partial charge in [0.15, 0.2) is 0 Å². The monoisotopic (exact) mass is 459 g/mol. The molecule has 0 bridgehead atoms. The Morgan fingerprint density at radius 1 is 0.793 bits per heavy atom. The minimum Gasteiger partial charge on any atom is -0.258 e. The van der Waals surface area contributed by atoms with Crippen LogP contribution in [0.25, 0.3) is 42.4 Å². The van der Waals surface area contributed by atoms with Crippen molar-refractivity contribution in [1.82, 2.24) is 0 Å². The van der Waals surface area contributed by atoms with Gasteiger partial charge in [-0.3, -0.25) is 10.1 Å². The number of rotatable bonds is 3. The molecule has 0 aliphatic carbocycles. The van der Waals surface area contributed by atoms with Crippen molar-refractivity contribution >= 4 is 53.1 Å². The van der Waals surface area contributed by atoms with Crippen LogP contribution in [0.1, 0.15) is 0 Å². The van der Waals surface area contributed by atoms with Crippen molar-refractivity contribution in [2.75, 3.05) is 0 Å². The Morgan fingerprint density at radius 2 is 1.52 bits per heavy atom. The highest BCUT2D eigenvalue weighted by Crippen LogP contribution is 2.45. The van der Waals surface area contributed by atoms with Crippen LogP contribution < -0.4 is 0 Å². The molecule has 140 valence electrons. The summed E-state index contributed by atoms with van der Waals surface area (Å²) in [6.45, 7) is 0. The summed E-state index contributed by atoms with van der Waals surface area (Å²) in [5, 5.41) is 13.8. The molecule has 5 aromatic rings. The molecule has 0 saturated heterocycles. The Kier molecular flexibility index (Phi) is 4.42. The third kappa shape index (κ3) is 3.03. The molecule has 0 amide bonds. The number of halogens is 1. The van der Waals surface area contributed by atoms with Crippen LogP contribution in [-0.2, 0) is 0 Å². The van der Waals surface area contributed by atoms with Gasteiger partial charge < -0.3 is 0 Å². The van der Waals surface area contributed by atoms with Gasteiger partial charge in [-0.2, -0.15) is 0 Å². The van der Waals surface area contributed by atoms with E-state index < -0.39 is 0 Å². The number of thiophene rings is 1. The summed E-state index contributed by atoms with van der Waals surface area (Å²) in [6.07, 6.45) is 0. The highest BCUT2D eigenvalue weighted by Gasteiger charge is 2.18. The standard InChI is InChI=1S/C24H14BrNO2S/c25-19-11-13-22-24(23(19)15-6-2-1-3-7-15)18-14-16(10-12-21(18)29-22)17-8-4-5-9-20(17)26(27)28/h1-14H. The largest absolute Gasteiger partial charge is 0.277 e. The minimum absolute atomic E-state index is 0.121. The van der Waals surface area contributed by atoms with Gasteiger partial charge in [0.25, 0.3) is 5.69 Å². The molecule has 1 aromatic heterocycles. The molecule has 0 fully saturated rings. The van der Waals surface area contributed by atoms with Gasteiger partial charge in [-0.15, -0.1) is 11.3 Å². The van der Waals surface area contributed by atoms with Crippen molar-refractivity contribution in [3.8, 4) is 22.3 Å². The number of hydrogen-bond donors (Lipinski definition) is 0. The molecule has 0 saturated carbocycles. The Labute approximate surface area is 179 Å². The molecular weight excluding hydrogens is 446 g/mol. The summed E-state index contributed by atoms with van der Waals surface area (Å²) < 4.78 is 3.39. The van der Waals surface area contributed by atoms with Gasteiger partial charge in [0.2, 0.25) is 0 Å². The van der Waals surface area contributed by atoms with Gasteiger partial charge >= 0.3 is 0 Å². The summed E-state index contributed by atoms with van der Waals surface area (Å²) in [5.74, 6) is 0. The average Bonchev–Trinajstić information content (AvgIpc) is 3.12. The maximum atomic E-state index is 11.5. The molecule has 0 aliphatic rings. The lowest BCUT2D eigenvalue weighted by molar-refractivity contribution is -0.384. The van der Waals surface area contributed by atoms with Gasteiger partial charge in [-0.05, 0) is 41.5 Å². The quantitative estimate of drug-likeness (QED) is 0.202. The molecule has 5 heteroatoms. The van der Waals surface area contributed by atoms with Crippen molar-refractivity contribution in [2.24, 2.45) is 0 Å². The fraction of sp³-hybridized carbons (Fsp3) is 0. The fourth-order valence-electron chi connectivity index (χ4n) is 3.77. The number of hydrogen-bond acceptors (Lipinski definition) is 3. The van der Waals surface area contributed by atoms with Crippen molar-refractivity contribution in [3.63, 3.8) is 0 Å². The van der Waals surface area contributed by atoms with Crippen LogP contribution >= 0.6 is 27.3 Å². The Bertz CT molecular complexity index is 1390. The van der Waals surface area contributed by atoms with E-state index in [0.717, 1.165) is 31.2 Å². The number of fused-ring (bicyclic) bond motifs is 3. The fourth-order valence-corrected chi connectivity index (χ4v) is 5.43. The summed E-state index contributed by atoms with van der Waals surface area (Å²) in [4.78, 5) is 11.2. The van der Waals surface area contributed by atoms with E-state index in [1.165, 1.54) is 10.1 Å². The van der Waals surface area contributed by atoms with E-state index in [4.69, 9.17) is 0 Å². The van der Waals surface area contributed by atoms with E-state index in [0.29, 0.717) is 5.56 Å². The summed E-state index contributed by atoms with van der Waals surface area (Å²) in [5.41, 5.74) is 3.89. The van der Waals surface area contributed by atoms with Crippen molar-refractivity contribution in [2.45, 2.75) is 0 Å². The van der Waals surface area contributed by atoms with Crippen LogP contribution in [0, 0.1) is 10.1 Å². The molecule has 1 heterocycles. The molecule has 0 atom stereocenters. The molecule has 5 rings (SSSR count). The van der Waals surface area contributed by atoms with E-state index in [1.807, 2.05) is 36.4 Å². The van der Waals surface area contributed by atoms with Crippen LogP contribution in [0.15, 0.2) is 89.4 Å². The van der Waals surface area contributed by atoms with Gasteiger partial charge in [-0.25, -0.2) is 0 Å². The second-order valence-corrected chi connectivity index (χ2v) is 8.69. The molecule has 0 unspecified atom stereocenters. The summed E-state index contributed by atoms with van der Waals surface area (Å²) in [6, 6.07) is 27.5. The van der Waals surface area contributed by atoms with Crippen LogP contribution in [0.4, 0.5) is 5.69 Å². The molecule has 0 spiro atoms. The first-order valence-electron chi connectivity index (χ1n) is 9.07. The van der Waals surface area contributed by atoms with Crippen LogP contribution in [0.2, 0.25) is 0 Å². The Hall–Kier alpha value is -3.02. The van der Waals surface area contributed by atoms with E-state index in [-0.39, 0.29) is 10.6 Å². The molecule has 0 aliphatic heterocycles. The first-order valence-corrected chi connectivity index (χ1v) is 10.7. The summed E-state index contributed by atoms with van der Waals surface area (Å²) in [7, 11) is 0. The molecule has 29 heavy (non-hydrogen) atoms. The van der Waals surface area contributed by atoms with Gasteiger partial charge in [-0.1, -0.05) is 64.5 Å². The third-order valence-electron chi connectivity index (χ3n) is 5.06.